The van der Waals surface area contributed by atoms with Gasteiger partial charge in [0.2, 0.25) is 0 Å². The predicted octanol–water partition coefficient (Wildman–Crippen LogP) is 4.84. The Kier molecular flexibility index (Phi) is 6.88. The Morgan fingerprint density at radius 1 is 1.07 bits per heavy atom. The van der Waals surface area contributed by atoms with Gasteiger partial charge in [0.15, 0.2) is 6.10 Å². The van der Waals surface area contributed by atoms with E-state index in [1.807, 2.05) is 39.0 Å². The van der Waals surface area contributed by atoms with E-state index in [2.05, 4.69) is 5.32 Å². The summed E-state index contributed by atoms with van der Waals surface area (Å²) in [4.78, 5) is 24.4. The number of carbonyl (C=O) groups is 2. The molecule has 0 aliphatic carbocycles. The number of aryl methyl sites for hydroxylation is 1. The first-order valence-electron chi connectivity index (χ1n) is 8.83. The van der Waals surface area contributed by atoms with Crippen LogP contribution >= 0.6 is 0 Å². The molecule has 0 aliphatic rings. The third-order valence-electron chi connectivity index (χ3n) is 4.14. The van der Waals surface area contributed by atoms with Gasteiger partial charge in [0, 0.05) is 17.3 Å². The molecule has 1 N–H and O–H groups in total. The Balaban J connectivity index is 2.02. The quantitative estimate of drug-likeness (QED) is 0.585. The van der Waals surface area contributed by atoms with E-state index in [9.17, 15) is 14.0 Å². The molecule has 2 aromatic carbocycles. The van der Waals surface area contributed by atoms with Crippen LogP contribution in [0.1, 0.15) is 43.4 Å². The number of hydrogen-bond donors (Lipinski definition) is 1. The maximum Gasteiger partial charge on any atom is 0.331 e. The molecule has 0 aliphatic heterocycles. The lowest BCUT2D eigenvalue weighted by molar-refractivity contribution is -0.148. The van der Waals surface area contributed by atoms with Crippen LogP contribution in [0.4, 0.5) is 10.1 Å². The first-order chi connectivity index (χ1) is 12.8. The summed E-state index contributed by atoms with van der Waals surface area (Å²) in [5.41, 5.74) is 2.96. The molecule has 2 rings (SSSR count). The highest BCUT2D eigenvalue weighted by atomic mass is 19.1. The highest BCUT2D eigenvalue weighted by molar-refractivity contribution is 5.97. The zero-order chi connectivity index (χ0) is 20.0. The van der Waals surface area contributed by atoms with Crippen molar-refractivity contribution < 1.29 is 18.7 Å². The Hall–Kier alpha value is -2.95. The van der Waals surface area contributed by atoms with Crippen molar-refractivity contribution in [3.63, 3.8) is 0 Å². The van der Waals surface area contributed by atoms with Gasteiger partial charge in [-0.3, -0.25) is 4.79 Å². The smallest absolute Gasteiger partial charge is 0.331 e. The first-order valence-corrected chi connectivity index (χ1v) is 8.83. The van der Waals surface area contributed by atoms with Gasteiger partial charge >= 0.3 is 5.97 Å². The van der Waals surface area contributed by atoms with E-state index in [1.165, 1.54) is 19.1 Å². The Morgan fingerprint density at radius 2 is 1.78 bits per heavy atom. The second-order valence-electron chi connectivity index (χ2n) is 6.62. The molecule has 0 heterocycles. The number of carbonyl (C=O) groups excluding carboxylic acids is 2. The second-order valence-corrected chi connectivity index (χ2v) is 6.62. The molecule has 27 heavy (non-hydrogen) atoms. The third-order valence-corrected chi connectivity index (χ3v) is 4.14. The summed E-state index contributed by atoms with van der Waals surface area (Å²) in [5.74, 6) is -1.33. The van der Waals surface area contributed by atoms with E-state index < -0.39 is 23.8 Å². The number of rotatable bonds is 6. The third kappa shape index (κ3) is 5.51. The summed E-state index contributed by atoms with van der Waals surface area (Å²) in [7, 11) is 0. The SMILES string of the molecule is Cc1cccc(C(C)C)c1NC(=O)[C@H](C)OC(=O)/C=C/c1ccccc1F. The number of halogens is 1. The topological polar surface area (TPSA) is 55.4 Å². The average Bonchev–Trinajstić information content (AvgIpc) is 2.62. The predicted molar refractivity (Wildman–Crippen MR) is 105 cm³/mol. The average molecular weight is 369 g/mol. The fourth-order valence-corrected chi connectivity index (χ4v) is 2.60. The van der Waals surface area contributed by atoms with Crippen LogP contribution in [0.25, 0.3) is 6.08 Å². The van der Waals surface area contributed by atoms with Crippen LogP contribution in [0.5, 0.6) is 0 Å². The highest BCUT2D eigenvalue weighted by Gasteiger charge is 2.19. The Labute approximate surface area is 159 Å². The minimum atomic E-state index is -0.984. The molecular weight excluding hydrogens is 345 g/mol. The van der Waals surface area contributed by atoms with Crippen molar-refractivity contribution in [3.05, 3.63) is 71.0 Å². The lowest BCUT2D eigenvalue weighted by Gasteiger charge is -2.18. The number of ether oxygens (including phenoxy) is 1. The summed E-state index contributed by atoms with van der Waals surface area (Å²) in [6.07, 6.45) is 1.44. The van der Waals surface area contributed by atoms with Gasteiger partial charge in [-0.2, -0.15) is 0 Å². The van der Waals surface area contributed by atoms with Crippen LogP contribution in [0.15, 0.2) is 48.5 Å². The van der Waals surface area contributed by atoms with E-state index in [4.69, 9.17) is 4.74 Å². The molecule has 1 amide bonds. The molecule has 5 heteroatoms. The van der Waals surface area contributed by atoms with Crippen molar-refractivity contribution in [2.45, 2.75) is 39.7 Å². The fourth-order valence-electron chi connectivity index (χ4n) is 2.60. The number of esters is 1. The molecular formula is C22H24FNO3. The number of nitrogens with one attached hydrogen (secondary N) is 1. The maximum atomic E-state index is 13.5. The second kappa shape index (κ2) is 9.12. The van der Waals surface area contributed by atoms with Gasteiger partial charge in [0.25, 0.3) is 5.91 Å². The van der Waals surface area contributed by atoms with Gasteiger partial charge < -0.3 is 10.1 Å². The summed E-state index contributed by atoms with van der Waals surface area (Å²) in [6, 6.07) is 11.9. The van der Waals surface area contributed by atoms with Crippen LogP contribution in [-0.2, 0) is 14.3 Å². The minimum absolute atomic E-state index is 0.238. The Bertz CT molecular complexity index is 858. The van der Waals surface area contributed by atoms with Crippen molar-refractivity contribution in [3.8, 4) is 0 Å². The zero-order valence-electron chi connectivity index (χ0n) is 16.0. The standard InChI is InChI=1S/C22H24FNO3/c1-14(2)18-10-7-8-15(3)21(18)24-22(26)16(4)27-20(25)13-12-17-9-5-6-11-19(17)23/h5-14,16H,1-4H3,(H,24,26)/b13-12+/t16-/m0/s1. The molecule has 0 aromatic heterocycles. The molecule has 0 saturated heterocycles. The van der Waals surface area contributed by atoms with Gasteiger partial charge in [-0.15, -0.1) is 0 Å². The molecule has 0 spiro atoms. The van der Waals surface area contributed by atoms with Gasteiger partial charge in [-0.05, 0) is 43.0 Å². The molecule has 142 valence electrons. The van der Waals surface area contributed by atoms with Gasteiger partial charge in [0.05, 0.1) is 0 Å². The van der Waals surface area contributed by atoms with Crippen molar-refractivity contribution >= 4 is 23.6 Å². The van der Waals surface area contributed by atoms with E-state index in [-0.39, 0.29) is 11.5 Å². The lowest BCUT2D eigenvalue weighted by atomic mass is 9.98. The number of anilines is 1. The van der Waals surface area contributed by atoms with Crippen LogP contribution < -0.4 is 5.32 Å². The molecule has 2 aromatic rings. The van der Waals surface area contributed by atoms with Crippen molar-refractivity contribution in [2.24, 2.45) is 0 Å². The van der Waals surface area contributed by atoms with Crippen molar-refractivity contribution in [1.29, 1.82) is 0 Å². The van der Waals surface area contributed by atoms with E-state index in [0.717, 1.165) is 22.9 Å². The summed E-state index contributed by atoms with van der Waals surface area (Å²) in [6.45, 7) is 7.50. The largest absolute Gasteiger partial charge is 0.449 e. The minimum Gasteiger partial charge on any atom is -0.449 e. The molecule has 0 radical (unpaired) electrons. The van der Waals surface area contributed by atoms with Gasteiger partial charge in [-0.25, -0.2) is 9.18 Å². The molecule has 0 bridgehead atoms. The molecule has 4 nitrogen and oxygen atoms in total. The molecule has 0 unspecified atom stereocenters. The highest BCUT2D eigenvalue weighted by Crippen LogP contribution is 2.27. The monoisotopic (exact) mass is 369 g/mol. The number of hydrogen-bond acceptors (Lipinski definition) is 3. The van der Waals surface area contributed by atoms with Gasteiger partial charge in [-0.1, -0.05) is 50.2 Å². The van der Waals surface area contributed by atoms with Crippen LogP contribution in [0.3, 0.4) is 0 Å². The first kappa shape index (κ1) is 20.4. The Morgan fingerprint density at radius 3 is 2.44 bits per heavy atom. The van der Waals surface area contributed by atoms with E-state index in [1.54, 1.807) is 18.2 Å². The van der Waals surface area contributed by atoms with E-state index >= 15 is 0 Å². The fraction of sp³-hybridized carbons (Fsp3) is 0.273. The molecule has 1 atom stereocenters. The van der Waals surface area contributed by atoms with Gasteiger partial charge in [0.1, 0.15) is 5.82 Å². The summed E-state index contributed by atoms with van der Waals surface area (Å²) in [5, 5.41) is 2.85. The number of benzene rings is 2. The maximum absolute atomic E-state index is 13.5. The van der Waals surface area contributed by atoms with Crippen molar-refractivity contribution in [2.75, 3.05) is 5.32 Å². The molecule has 0 fully saturated rings. The van der Waals surface area contributed by atoms with Crippen LogP contribution in [-0.4, -0.2) is 18.0 Å². The van der Waals surface area contributed by atoms with Crippen LogP contribution in [0, 0.1) is 12.7 Å². The number of para-hydroxylation sites is 1. The lowest BCUT2D eigenvalue weighted by Crippen LogP contribution is -2.30. The normalized spacial score (nSPS) is 12.2. The summed E-state index contributed by atoms with van der Waals surface area (Å²) < 4.78 is 18.7. The zero-order valence-corrected chi connectivity index (χ0v) is 16.0. The van der Waals surface area contributed by atoms with E-state index in [0.29, 0.717) is 0 Å². The van der Waals surface area contributed by atoms with Crippen molar-refractivity contribution in [1.82, 2.24) is 0 Å². The summed E-state index contributed by atoms with van der Waals surface area (Å²) >= 11 is 0. The molecule has 0 saturated carbocycles. The van der Waals surface area contributed by atoms with Crippen LogP contribution in [0.2, 0.25) is 0 Å². The number of amides is 1.